The van der Waals surface area contributed by atoms with E-state index in [-0.39, 0.29) is 23.5 Å². The summed E-state index contributed by atoms with van der Waals surface area (Å²) in [5.74, 6) is -0.443. The maximum Gasteiger partial charge on any atom is 0.310 e. The highest BCUT2D eigenvalue weighted by Gasteiger charge is 2.65. The molecule has 0 aliphatic rings. The van der Waals surface area contributed by atoms with Crippen LogP contribution in [0.2, 0.25) is 5.02 Å². The minimum absolute atomic E-state index is 0.00552. The zero-order valence-corrected chi connectivity index (χ0v) is 15.9. The molecule has 7 nitrogen and oxygen atoms in total. The summed E-state index contributed by atoms with van der Waals surface area (Å²) in [6.07, 6.45) is 0.821. The topological polar surface area (TPSA) is 105 Å². The number of hydrogen-bond donors (Lipinski definition) is 1. The highest BCUT2D eigenvalue weighted by Crippen LogP contribution is 3.02. The van der Waals surface area contributed by atoms with Crippen molar-refractivity contribution in [3.63, 3.8) is 0 Å². The van der Waals surface area contributed by atoms with E-state index in [9.17, 15) is 27.8 Å². The van der Waals surface area contributed by atoms with Crippen LogP contribution in [0.5, 0.6) is 0 Å². The molecule has 1 aromatic carbocycles. The predicted molar refractivity (Wildman–Crippen MR) is 92.3 cm³/mol. The largest absolute Gasteiger partial charge is 0.382 e. The molecule has 0 unspecified atom stereocenters. The molecule has 0 atom stereocenters. The molecule has 0 amide bonds. The number of hydrogen-bond acceptors (Lipinski definition) is 5. The second-order valence-electron chi connectivity index (χ2n) is 5.42. The lowest BCUT2D eigenvalue weighted by Gasteiger charge is -2.40. The van der Waals surface area contributed by atoms with Gasteiger partial charge in [-0.25, -0.2) is 13.1 Å². The molecule has 0 fully saturated rings. The summed E-state index contributed by atoms with van der Waals surface area (Å²) in [4.78, 5) is -2.22. The number of aromatic nitrogens is 2. The van der Waals surface area contributed by atoms with Crippen LogP contribution in [0.25, 0.3) is 5.69 Å². The highest BCUT2D eigenvalue weighted by molar-refractivity contribution is 8.45. The third kappa shape index (κ3) is 4.04. The lowest BCUT2D eigenvalue weighted by molar-refractivity contribution is 0.364. The number of rotatable bonds is 4. The molecule has 150 valence electrons. The van der Waals surface area contributed by atoms with Crippen molar-refractivity contribution >= 4 is 43.4 Å². The average Bonchev–Trinajstić information content (AvgIpc) is 2.79. The van der Waals surface area contributed by atoms with Crippen molar-refractivity contribution in [2.45, 2.75) is 4.90 Å². The monoisotopic (exact) mass is 451 g/mol. The van der Waals surface area contributed by atoms with Gasteiger partial charge in [0.2, 0.25) is 10.0 Å². The number of halogens is 6. The Morgan fingerprint density at radius 1 is 1.30 bits per heavy atom. The molecular weight excluding hydrogens is 441 g/mol. The van der Waals surface area contributed by atoms with Crippen molar-refractivity contribution in [1.82, 2.24) is 9.78 Å². The van der Waals surface area contributed by atoms with Crippen molar-refractivity contribution in [3.05, 3.63) is 28.9 Å². The number of nitrogens with zero attached hydrogens (tertiary/aromatic N) is 4. The summed E-state index contributed by atoms with van der Waals surface area (Å²) in [7, 11) is -12.7. The normalized spacial score (nSPS) is 14.9. The maximum absolute atomic E-state index is 12.9. The molecule has 0 radical (unpaired) electrons. The standard InChI is InChI=1S/C12H11ClF5N5O2S2/c1-22(26(2,24)25)11-9(6-19)21-23(12(11)20)10-4-3-7(5-8(10)13)27(14,15,16,17)18/h3-5H,20H2,1-2H3. The van der Waals surface area contributed by atoms with Crippen LogP contribution in [0, 0.1) is 11.3 Å². The van der Waals surface area contributed by atoms with Gasteiger partial charge in [0.25, 0.3) is 0 Å². The van der Waals surface area contributed by atoms with E-state index in [1.165, 1.54) is 0 Å². The number of benzene rings is 1. The van der Waals surface area contributed by atoms with E-state index >= 15 is 0 Å². The van der Waals surface area contributed by atoms with E-state index in [1.807, 2.05) is 0 Å². The Hall–Kier alpha value is -2.24. The molecule has 0 aliphatic carbocycles. The summed E-state index contributed by atoms with van der Waals surface area (Å²) >= 11 is 5.69. The third-order valence-electron chi connectivity index (χ3n) is 3.41. The summed E-state index contributed by atoms with van der Waals surface area (Å²) < 4.78 is 89.1. The fraction of sp³-hybridized carbons (Fsp3) is 0.167. The fourth-order valence-electron chi connectivity index (χ4n) is 2.06. The van der Waals surface area contributed by atoms with Crippen molar-refractivity contribution < 1.29 is 27.8 Å². The van der Waals surface area contributed by atoms with Gasteiger partial charge in [-0.15, -0.1) is 0 Å². The molecule has 0 saturated heterocycles. The number of nitriles is 1. The summed E-state index contributed by atoms with van der Waals surface area (Å²) in [5, 5.41) is 12.0. The first-order valence-electron chi connectivity index (χ1n) is 6.63. The number of anilines is 2. The molecule has 1 heterocycles. The Balaban J connectivity index is 2.72. The molecule has 27 heavy (non-hydrogen) atoms. The predicted octanol–water partition coefficient (Wildman–Crippen LogP) is 4.03. The minimum atomic E-state index is -9.96. The van der Waals surface area contributed by atoms with E-state index < -0.39 is 41.7 Å². The Labute approximate surface area is 155 Å². The lowest BCUT2D eigenvalue weighted by atomic mass is 10.3. The zero-order chi connectivity index (χ0) is 21.1. The molecule has 0 bridgehead atoms. The van der Waals surface area contributed by atoms with Gasteiger partial charge in [0.15, 0.2) is 11.5 Å². The smallest absolute Gasteiger partial charge is 0.310 e. The minimum Gasteiger partial charge on any atom is -0.382 e. The van der Waals surface area contributed by atoms with E-state index in [1.54, 1.807) is 6.07 Å². The van der Waals surface area contributed by atoms with Crippen LogP contribution >= 0.6 is 21.8 Å². The van der Waals surface area contributed by atoms with Crippen molar-refractivity contribution in [3.8, 4) is 11.8 Å². The Morgan fingerprint density at radius 2 is 1.85 bits per heavy atom. The molecule has 0 aliphatic heterocycles. The number of nitrogens with two attached hydrogens (primary N) is 1. The fourth-order valence-corrected chi connectivity index (χ4v) is 3.56. The van der Waals surface area contributed by atoms with Gasteiger partial charge in [0, 0.05) is 7.05 Å². The molecule has 2 aromatic rings. The van der Waals surface area contributed by atoms with Gasteiger partial charge >= 0.3 is 10.2 Å². The molecular formula is C12H11ClF5N5O2S2. The van der Waals surface area contributed by atoms with Crippen molar-refractivity contribution in [1.29, 1.82) is 5.26 Å². The van der Waals surface area contributed by atoms with Gasteiger partial charge in [-0.05, 0) is 18.2 Å². The quantitative estimate of drug-likeness (QED) is 0.706. The summed E-state index contributed by atoms with van der Waals surface area (Å²) in [6.45, 7) is 0. The molecule has 2 N–H and O–H groups in total. The Morgan fingerprint density at radius 3 is 2.26 bits per heavy atom. The Kier molecular flexibility index (Phi) is 4.21. The van der Waals surface area contributed by atoms with Crippen LogP contribution in [0.4, 0.5) is 30.9 Å². The number of sulfonamides is 1. The summed E-state index contributed by atoms with van der Waals surface area (Å²) in [5.41, 5.74) is 4.61. The average molecular weight is 452 g/mol. The van der Waals surface area contributed by atoms with Gasteiger partial charge in [0.05, 0.1) is 17.0 Å². The van der Waals surface area contributed by atoms with Crippen LogP contribution in [0.15, 0.2) is 23.1 Å². The van der Waals surface area contributed by atoms with Gasteiger partial charge in [0.1, 0.15) is 16.7 Å². The van der Waals surface area contributed by atoms with E-state index in [4.69, 9.17) is 22.6 Å². The molecule has 15 heteroatoms. The second kappa shape index (κ2) is 5.40. The van der Waals surface area contributed by atoms with E-state index in [0.29, 0.717) is 15.1 Å². The zero-order valence-electron chi connectivity index (χ0n) is 13.5. The Bertz CT molecular complexity index is 1090. The maximum atomic E-state index is 12.9. The molecule has 0 saturated carbocycles. The third-order valence-corrected chi connectivity index (χ3v) is 6.03. The van der Waals surface area contributed by atoms with Gasteiger partial charge in [-0.1, -0.05) is 31.0 Å². The highest BCUT2D eigenvalue weighted by atomic mass is 35.5. The first-order valence-corrected chi connectivity index (χ1v) is 10.8. The van der Waals surface area contributed by atoms with Crippen LogP contribution in [0.3, 0.4) is 0 Å². The van der Waals surface area contributed by atoms with Crippen LogP contribution in [-0.2, 0) is 10.0 Å². The van der Waals surface area contributed by atoms with Gasteiger partial charge < -0.3 is 5.73 Å². The van der Waals surface area contributed by atoms with Gasteiger partial charge in [-0.3, -0.25) is 4.31 Å². The summed E-state index contributed by atoms with van der Waals surface area (Å²) in [6, 6.07) is 2.28. The first kappa shape index (κ1) is 21.1. The SMILES string of the molecule is CN(c1c(C#N)nn(-c2ccc(S(F)(F)(F)(F)F)cc2Cl)c1N)S(C)(=O)=O. The van der Waals surface area contributed by atoms with Crippen LogP contribution in [-0.4, -0.2) is 31.5 Å². The second-order valence-corrected chi connectivity index (χ2v) is 10.2. The van der Waals surface area contributed by atoms with Gasteiger partial charge in [-0.2, -0.15) is 10.4 Å². The van der Waals surface area contributed by atoms with Crippen LogP contribution in [0.1, 0.15) is 5.69 Å². The van der Waals surface area contributed by atoms with Crippen molar-refractivity contribution in [2.24, 2.45) is 0 Å². The lowest BCUT2D eigenvalue weighted by Crippen LogP contribution is -2.26. The van der Waals surface area contributed by atoms with Crippen molar-refractivity contribution in [2.75, 3.05) is 23.3 Å². The van der Waals surface area contributed by atoms with E-state index in [2.05, 4.69) is 5.10 Å². The molecule has 1 aromatic heterocycles. The van der Waals surface area contributed by atoms with E-state index in [0.717, 1.165) is 13.3 Å². The number of nitrogen functional groups attached to an aromatic ring is 1. The molecule has 2 rings (SSSR count). The first-order chi connectivity index (χ1) is 11.9. The van der Waals surface area contributed by atoms with Crippen LogP contribution < -0.4 is 10.0 Å². The molecule has 0 spiro atoms.